The minimum atomic E-state index is -1.15. The molecule has 10 heteroatoms. The Labute approximate surface area is 211 Å². The van der Waals surface area contributed by atoms with Gasteiger partial charge in [0.05, 0.1) is 30.2 Å². The van der Waals surface area contributed by atoms with Crippen LogP contribution in [0.4, 0.5) is 0 Å². The van der Waals surface area contributed by atoms with Gasteiger partial charge in [0.25, 0.3) is 11.5 Å². The second-order valence-corrected chi connectivity index (χ2v) is 9.22. The monoisotopic (exact) mass is 496 g/mol. The lowest BCUT2D eigenvalue weighted by molar-refractivity contribution is -0.0304. The number of carbonyl (C=O) groups excluding carboxylic acids is 1. The molecule has 1 N–H and O–H groups in total. The van der Waals surface area contributed by atoms with Gasteiger partial charge in [-0.25, -0.2) is 14.6 Å². The molecule has 37 heavy (non-hydrogen) atoms. The third-order valence-electron chi connectivity index (χ3n) is 6.74. The van der Waals surface area contributed by atoms with E-state index in [2.05, 4.69) is 15.1 Å². The fraction of sp³-hybridized carbons (Fsp3) is 0.222. The van der Waals surface area contributed by atoms with Crippen LogP contribution in [0.3, 0.4) is 0 Å². The number of fused-ring (bicyclic) bond motifs is 1. The predicted octanol–water partition coefficient (Wildman–Crippen LogP) is 2.90. The number of benzene rings is 2. The topological polar surface area (TPSA) is 119 Å². The third-order valence-corrected chi connectivity index (χ3v) is 6.74. The molecule has 5 aromatic rings. The average molecular weight is 497 g/mol. The Balaban J connectivity index is 1.15. The van der Waals surface area contributed by atoms with Crippen LogP contribution in [0.5, 0.6) is 0 Å². The Morgan fingerprint density at radius 3 is 2.41 bits per heavy atom. The van der Waals surface area contributed by atoms with Gasteiger partial charge in [-0.1, -0.05) is 36.4 Å². The number of oxazole rings is 1. The molecule has 6 rings (SSSR count). The number of rotatable bonds is 5. The smallest absolute Gasteiger partial charge is 0.291 e. The van der Waals surface area contributed by atoms with Crippen molar-refractivity contribution in [3.63, 3.8) is 0 Å². The molecule has 0 spiro atoms. The summed E-state index contributed by atoms with van der Waals surface area (Å²) in [4.78, 5) is 36.4. The first-order chi connectivity index (χ1) is 18.0. The van der Waals surface area contributed by atoms with Crippen LogP contribution in [0, 0.1) is 0 Å². The Hall–Kier alpha value is -4.57. The summed E-state index contributed by atoms with van der Waals surface area (Å²) in [5, 5.41) is 16.0. The second kappa shape index (κ2) is 9.14. The first-order valence-electron chi connectivity index (χ1n) is 12.0. The minimum Gasteiger partial charge on any atom is -0.431 e. The highest BCUT2D eigenvalue weighted by molar-refractivity contribution is 5.91. The van der Waals surface area contributed by atoms with Crippen LogP contribution in [-0.2, 0) is 6.54 Å². The zero-order chi connectivity index (χ0) is 25.4. The van der Waals surface area contributed by atoms with Crippen molar-refractivity contribution in [2.45, 2.75) is 25.0 Å². The molecular formula is C27H24N6O4. The van der Waals surface area contributed by atoms with Gasteiger partial charge in [-0.3, -0.25) is 14.2 Å². The fourth-order valence-corrected chi connectivity index (χ4v) is 4.66. The number of para-hydroxylation sites is 1. The van der Waals surface area contributed by atoms with E-state index in [4.69, 9.17) is 4.42 Å². The van der Waals surface area contributed by atoms with Crippen molar-refractivity contribution in [2.24, 2.45) is 0 Å². The van der Waals surface area contributed by atoms with Gasteiger partial charge in [-0.2, -0.15) is 5.10 Å². The normalized spacial score (nSPS) is 15.2. The van der Waals surface area contributed by atoms with E-state index >= 15 is 0 Å². The highest BCUT2D eigenvalue weighted by Gasteiger charge is 2.36. The molecule has 4 heterocycles. The largest absolute Gasteiger partial charge is 0.431 e. The van der Waals surface area contributed by atoms with Crippen molar-refractivity contribution in [2.75, 3.05) is 13.1 Å². The lowest BCUT2D eigenvalue weighted by atomic mass is 9.91. The zero-order valence-corrected chi connectivity index (χ0v) is 19.9. The second-order valence-electron chi connectivity index (χ2n) is 9.22. The number of carbonyl (C=O) groups is 1. The fourth-order valence-electron chi connectivity index (χ4n) is 4.66. The van der Waals surface area contributed by atoms with E-state index in [0.29, 0.717) is 42.9 Å². The summed E-state index contributed by atoms with van der Waals surface area (Å²) < 4.78 is 8.73. The number of amides is 1. The molecule has 1 saturated heterocycles. The summed E-state index contributed by atoms with van der Waals surface area (Å²) in [6.07, 6.45) is 5.00. The van der Waals surface area contributed by atoms with E-state index in [1.165, 1.54) is 23.3 Å². The van der Waals surface area contributed by atoms with Gasteiger partial charge in [-0.15, -0.1) is 0 Å². The molecule has 10 nitrogen and oxygen atoms in total. The average Bonchev–Trinajstić information content (AvgIpc) is 3.60. The first kappa shape index (κ1) is 22.9. The van der Waals surface area contributed by atoms with Crippen molar-refractivity contribution in [1.29, 1.82) is 0 Å². The van der Waals surface area contributed by atoms with Gasteiger partial charge < -0.3 is 14.4 Å². The van der Waals surface area contributed by atoms with Crippen LogP contribution >= 0.6 is 0 Å². The number of piperidine rings is 1. The maximum atomic E-state index is 13.1. The van der Waals surface area contributed by atoms with Crippen LogP contribution in [-0.4, -0.2) is 58.9 Å². The van der Waals surface area contributed by atoms with Crippen LogP contribution < -0.4 is 5.56 Å². The summed E-state index contributed by atoms with van der Waals surface area (Å²) in [7, 11) is 0. The number of likely N-dealkylation sites (tertiary alicyclic amines) is 1. The Kier molecular flexibility index (Phi) is 5.65. The molecule has 186 valence electrons. The third kappa shape index (κ3) is 4.31. The van der Waals surface area contributed by atoms with E-state index in [0.717, 1.165) is 11.3 Å². The Morgan fingerprint density at radius 2 is 1.68 bits per heavy atom. The van der Waals surface area contributed by atoms with E-state index in [1.54, 1.807) is 9.58 Å². The number of aliphatic hydroxyl groups is 1. The number of aromatic nitrogens is 5. The minimum absolute atomic E-state index is 0.0772. The first-order valence-corrected chi connectivity index (χ1v) is 12.0. The zero-order valence-electron chi connectivity index (χ0n) is 19.9. The summed E-state index contributed by atoms with van der Waals surface area (Å²) in [5.41, 5.74) is 0.638. The van der Waals surface area contributed by atoms with Crippen molar-refractivity contribution >= 4 is 16.9 Å². The van der Waals surface area contributed by atoms with Crippen LogP contribution in [0.1, 0.15) is 23.4 Å². The summed E-state index contributed by atoms with van der Waals surface area (Å²) >= 11 is 0. The number of nitrogens with zero attached hydrogens (tertiary/aromatic N) is 6. The van der Waals surface area contributed by atoms with Gasteiger partial charge in [-0.05, 0) is 37.1 Å². The Bertz CT molecular complexity index is 1620. The standard InChI is InChI=1S/C27H24N6O4/c34-25-21-15-30-33(20-9-5-2-6-10-20)23(21)29-18-32(25)17-27(36)11-13-31(14-12-27)26(35)22-16-28-24(37-22)19-7-3-1-4-8-19/h1-10,15-16,18,36H,11-14,17H2. The SMILES string of the molecule is O=C(c1cnc(-c2ccccc2)o1)N1CCC(O)(Cn2cnc3c(cnn3-c3ccccc3)c2=O)CC1. The highest BCUT2D eigenvalue weighted by atomic mass is 16.4. The number of hydrogen-bond donors (Lipinski definition) is 1. The molecule has 0 atom stereocenters. The van der Waals surface area contributed by atoms with Crippen LogP contribution in [0.2, 0.25) is 0 Å². The molecule has 3 aromatic heterocycles. The molecule has 1 aliphatic heterocycles. The van der Waals surface area contributed by atoms with E-state index in [9.17, 15) is 14.7 Å². The lowest BCUT2D eigenvalue weighted by Gasteiger charge is -2.38. The molecule has 1 amide bonds. The summed E-state index contributed by atoms with van der Waals surface area (Å²) in [5.74, 6) is 0.270. The summed E-state index contributed by atoms with van der Waals surface area (Å²) in [6, 6.07) is 18.8. The van der Waals surface area contributed by atoms with E-state index in [1.807, 2.05) is 60.7 Å². The maximum absolute atomic E-state index is 13.1. The van der Waals surface area contributed by atoms with Gasteiger partial charge in [0, 0.05) is 18.7 Å². The Morgan fingerprint density at radius 1 is 0.973 bits per heavy atom. The quantitative estimate of drug-likeness (QED) is 0.397. The van der Waals surface area contributed by atoms with Crippen molar-refractivity contribution in [3.05, 3.63) is 95.5 Å². The van der Waals surface area contributed by atoms with Crippen molar-refractivity contribution in [1.82, 2.24) is 29.2 Å². The molecule has 2 aromatic carbocycles. The van der Waals surface area contributed by atoms with Gasteiger partial charge in [0.1, 0.15) is 11.7 Å². The molecule has 0 unspecified atom stereocenters. The number of hydrogen-bond acceptors (Lipinski definition) is 7. The molecule has 0 saturated carbocycles. The lowest BCUT2D eigenvalue weighted by Crippen LogP contribution is -2.49. The predicted molar refractivity (Wildman–Crippen MR) is 135 cm³/mol. The van der Waals surface area contributed by atoms with E-state index in [-0.39, 0.29) is 23.8 Å². The maximum Gasteiger partial charge on any atom is 0.291 e. The van der Waals surface area contributed by atoms with Gasteiger partial charge in [0.2, 0.25) is 11.7 Å². The molecule has 0 bridgehead atoms. The van der Waals surface area contributed by atoms with Crippen molar-refractivity contribution < 1.29 is 14.3 Å². The van der Waals surface area contributed by atoms with Crippen LogP contribution in [0.15, 0.2) is 88.6 Å². The van der Waals surface area contributed by atoms with Crippen molar-refractivity contribution in [3.8, 4) is 17.1 Å². The van der Waals surface area contributed by atoms with Gasteiger partial charge >= 0.3 is 0 Å². The summed E-state index contributed by atoms with van der Waals surface area (Å²) in [6.45, 7) is 0.730. The molecule has 1 fully saturated rings. The van der Waals surface area contributed by atoms with E-state index < -0.39 is 5.60 Å². The highest BCUT2D eigenvalue weighted by Crippen LogP contribution is 2.26. The molecule has 0 radical (unpaired) electrons. The van der Waals surface area contributed by atoms with Gasteiger partial charge in [0.15, 0.2) is 5.65 Å². The molecular weight excluding hydrogens is 472 g/mol. The molecule has 0 aliphatic carbocycles. The van der Waals surface area contributed by atoms with Crippen LogP contribution in [0.25, 0.3) is 28.2 Å². The molecule has 1 aliphatic rings.